The van der Waals surface area contributed by atoms with E-state index in [0.717, 1.165) is 5.56 Å². The molecule has 1 aromatic carbocycles. The van der Waals surface area contributed by atoms with Crippen LogP contribution in [0.15, 0.2) is 42.6 Å². The summed E-state index contributed by atoms with van der Waals surface area (Å²) in [6.07, 6.45) is 1.31. The smallest absolute Gasteiger partial charge is 0.322 e. The van der Waals surface area contributed by atoms with Crippen LogP contribution in [0.2, 0.25) is 0 Å². The lowest BCUT2D eigenvalue weighted by atomic mass is 10.1. The third-order valence-corrected chi connectivity index (χ3v) is 3.80. The van der Waals surface area contributed by atoms with Gasteiger partial charge in [-0.25, -0.2) is 14.2 Å². The molecule has 1 N–H and O–H groups in total. The van der Waals surface area contributed by atoms with Gasteiger partial charge in [-0.1, -0.05) is 12.1 Å². The fraction of sp³-hybridized carbons (Fsp3) is 0.294. The van der Waals surface area contributed by atoms with Crippen molar-refractivity contribution in [3.63, 3.8) is 0 Å². The van der Waals surface area contributed by atoms with Gasteiger partial charge in [0.15, 0.2) is 0 Å². The summed E-state index contributed by atoms with van der Waals surface area (Å²) in [6, 6.07) is 9.31. The van der Waals surface area contributed by atoms with Gasteiger partial charge in [-0.05, 0) is 29.8 Å². The largest absolute Gasteiger partial charge is 0.480 e. The first kappa shape index (κ1) is 16.2. The van der Waals surface area contributed by atoms with Gasteiger partial charge in [-0.3, -0.25) is 0 Å². The van der Waals surface area contributed by atoms with Crippen LogP contribution in [0.5, 0.6) is 5.88 Å². The number of ether oxygens (including phenoxy) is 2. The van der Waals surface area contributed by atoms with Crippen LogP contribution < -0.4 is 10.1 Å². The number of anilines is 1. The number of nitrogens with zero attached hydrogens (tertiary/aromatic N) is 2. The Hall–Kier alpha value is -2.67. The summed E-state index contributed by atoms with van der Waals surface area (Å²) >= 11 is 0. The number of amides is 2. The molecule has 1 saturated heterocycles. The second-order valence-electron chi connectivity index (χ2n) is 5.35. The van der Waals surface area contributed by atoms with Crippen LogP contribution in [0.4, 0.5) is 14.9 Å². The molecule has 1 aromatic heterocycles. The molecule has 1 aliphatic rings. The average Bonchev–Trinajstić information content (AvgIpc) is 2.63. The van der Waals surface area contributed by atoms with Gasteiger partial charge in [-0.15, -0.1) is 0 Å². The van der Waals surface area contributed by atoms with E-state index >= 15 is 0 Å². The van der Waals surface area contributed by atoms with Crippen LogP contribution in [-0.4, -0.2) is 42.7 Å². The minimum absolute atomic E-state index is 0.253. The summed E-state index contributed by atoms with van der Waals surface area (Å²) in [7, 11) is 1.50. The van der Waals surface area contributed by atoms with E-state index in [9.17, 15) is 9.18 Å². The molecule has 7 heteroatoms. The fourth-order valence-corrected chi connectivity index (χ4v) is 2.56. The van der Waals surface area contributed by atoms with E-state index in [-0.39, 0.29) is 18.0 Å². The quantitative estimate of drug-likeness (QED) is 0.939. The van der Waals surface area contributed by atoms with E-state index in [0.29, 0.717) is 31.3 Å². The van der Waals surface area contributed by atoms with Crippen molar-refractivity contribution in [1.29, 1.82) is 0 Å². The summed E-state index contributed by atoms with van der Waals surface area (Å²) < 4.78 is 23.9. The maximum Gasteiger partial charge on any atom is 0.322 e. The number of rotatable bonds is 3. The highest BCUT2D eigenvalue weighted by Crippen LogP contribution is 2.24. The molecule has 2 heterocycles. The summed E-state index contributed by atoms with van der Waals surface area (Å²) in [5.41, 5.74) is 1.35. The summed E-state index contributed by atoms with van der Waals surface area (Å²) in [5.74, 6) is 0.0574. The van der Waals surface area contributed by atoms with E-state index in [1.54, 1.807) is 35.4 Å². The first-order valence-corrected chi connectivity index (χ1v) is 7.59. The van der Waals surface area contributed by atoms with E-state index in [4.69, 9.17) is 9.47 Å². The lowest BCUT2D eigenvalue weighted by Gasteiger charge is -2.33. The van der Waals surface area contributed by atoms with Crippen LogP contribution in [-0.2, 0) is 4.74 Å². The first-order valence-electron chi connectivity index (χ1n) is 7.59. The van der Waals surface area contributed by atoms with Crippen molar-refractivity contribution in [2.45, 2.75) is 6.10 Å². The maximum absolute atomic E-state index is 13.0. The molecule has 3 rings (SSSR count). The number of halogens is 1. The number of urea groups is 1. The van der Waals surface area contributed by atoms with Crippen molar-refractivity contribution >= 4 is 11.7 Å². The highest BCUT2D eigenvalue weighted by molar-refractivity contribution is 5.90. The molecule has 1 atom stereocenters. The number of pyridine rings is 1. The number of aromatic nitrogens is 1. The minimum atomic E-state index is -0.298. The van der Waals surface area contributed by atoms with Crippen molar-refractivity contribution in [3.8, 4) is 5.88 Å². The molecule has 1 fully saturated rings. The highest BCUT2D eigenvalue weighted by Gasteiger charge is 2.26. The van der Waals surface area contributed by atoms with E-state index in [1.165, 1.54) is 19.2 Å². The molecule has 1 unspecified atom stereocenters. The molecular weight excluding hydrogens is 313 g/mol. The first-order chi connectivity index (χ1) is 11.7. The topological polar surface area (TPSA) is 63.7 Å². The normalized spacial score (nSPS) is 17.4. The Kier molecular flexibility index (Phi) is 4.90. The van der Waals surface area contributed by atoms with Crippen LogP contribution in [0, 0.1) is 5.82 Å². The van der Waals surface area contributed by atoms with Crippen LogP contribution in [0.25, 0.3) is 0 Å². The number of benzene rings is 1. The van der Waals surface area contributed by atoms with E-state index in [1.807, 2.05) is 0 Å². The summed E-state index contributed by atoms with van der Waals surface area (Å²) in [4.78, 5) is 18.2. The zero-order valence-electron chi connectivity index (χ0n) is 13.2. The standard InChI is InChI=1S/C17H18FN3O3/c1-23-16-14(3-2-8-19-16)20-17(22)21-9-10-24-15(11-21)12-4-6-13(18)7-5-12/h2-8,15H,9-11H2,1H3,(H,20,22). The second-order valence-corrected chi connectivity index (χ2v) is 5.35. The van der Waals surface area contributed by atoms with Crippen molar-refractivity contribution in [1.82, 2.24) is 9.88 Å². The van der Waals surface area contributed by atoms with E-state index in [2.05, 4.69) is 10.3 Å². The van der Waals surface area contributed by atoms with Gasteiger partial charge >= 0.3 is 6.03 Å². The Balaban J connectivity index is 1.68. The van der Waals surface area contributed by atoms with Crippen molar-refractivity contribution < 1.29 is 18.7 Å². The van der Waals surface area contributed by atoms with Gasteiger partial charge in [0.05, 0.1) is 20.3 Å². The number of carbonyl (C=O) groups is 1. The van der Waals surface area contributed by atoms with E-state index < -0.39 is 0 Å². The van der Waals surface area contributed by atoms with Crippen LogP contribution in [0.1, 0.15) is 11.7 Å². The zero-order chi connectivity index (χ0) is 16.9. The molecule has 24 heavy (non-hydrogen) atoms. The average molecular weight is 331 g/mol. The molecule has 0 spiro atoms. The highest BCUT2D eigenvalue weighted by atomic mass is 19.1. The SMILES string of the molecule is COc1ncccc1NC(=O)N1CCOC(c2ccc(F)cc2)C1. The zero-order valence-corrected chi connectivity index (χ0v) is 13.2. The van der Waals surface area contributed by atoms with Gasteiger partial charge < -0.3 is 19.7 Å². The summed E-state index contributed by atoms with van der Waals surface area (Å²) in [6.45, 7) is 1.28. The molecule has 0 radical (unpaired) electrons. The number of hydrogen-bond acceptors (Lipinski definition) is 4. The molecule has 2 aromatic rings. The van der Waals surface area contributed by atoms with Gasteiger partial charge in [0.25, 0.3) is 0 Å². The number of carbonyl (C=O) groups excluding carboxylic acids is 1. The van der Waals surface area contributed by atoms with Crippen molar-refractivity contribution in [2.75, 3.05) is 32.1 Å². The second kappa shape index (κ2) is 7.27. The lowest BCUT2D eigenvalue weighted by Crippen LogP contribution is -2.44. The molecule has 0 saturated carbocycles. The molecule has 0 aliphatic carbocycles. The molecule has 2 amide bonds. The van der Waals surface area contributed by atoms with Gasteiger partial charge in [0, 0.05) is 12.7 Å². The Bertz CT molecular complexity index is 708. The predicted octanol–water partition coefficient (Wildman–Crippen LogP) is 2.83. The van der Waals surface area contributed by atoms with Gasteiger partial charge in [0.1, 0.15) is 17.6 Å². The monoisotopic (exact) mass is 331 g/mol. The molecule has 1 aliphatic heterocycles. The lowest BCUT2D eigenvalue weighted by molar-refractivity contribution is -0.0135. The number of morpholine rings is 1. The Morgan fingerprint density at radius 1 is 1.38 bits per heavy atom. The summed E-state index contributed by atoms with van der Waals surface area (Å²) in [5, 5.41) is 2.80. The van der Waals surface area contributed by atoms with Crippen LogP contribution in [0.3, 0.4) is 0 Å². The molecular formula is C17H18FN3O3. The fourth-order valence-electron chi connectivity index (χ4n) is 2.56. The minimum Gasteiger partial charge on any atom is -0.480 e. The number of hydrogen-bond donors (Lipinski definition) is 1. The third kappa shape index (κ3) is 3.62. The predicted molar refractivity (Wildman–Crippen MR) is 86.5 cm³/mol. The van der Waals surface area contributed by atoms with Crippen molar-refractivity contribution in [2.24, 2.45) is 0 Å². The Labute approximate surface area is 139 Å². The molecule has 126 valence electrons. The van der Waals surface area contributed by atoms with Gasteiger partial charge in [0.2, 0.25) is 5.88 Å². The third-order valence-electron chi connectivity index (χ3n) is 3.80. The Morgan fingerprint density at radius 3 is 2.92 bits per heavy atom. The molecule has 6 nitrogen and oxygen atoms in total. The van der Waals surface area contributed by atoms with Gasteiger partial charge in [-0.2, -0.15) is 0 Å². The maximum atomic E-state index is 13.0. The van der Waals surface area contributed by atoms with Crippen molar-refractivity contribution in [3.05, 3.63) is 54.0 Å². The number of methoxy groups -OCH3 is 1. The Morgan fingerprint density at radius 2 is 2.17 bits per heavy atom. The number of nitrogens with one attached hydrogen (secondary N) is 1. The van der Waals surface area contributed by atoms with Crippen LogP contribution >= 0.6 is 0 Å². The molecule has 0 bridgehead atoms.